The number of nitrogens with one attached hydrogen (secondary N) is 3. The van der Waals surface area contributed by atoms with Gasteiger partial charge in [-0.05, 0) is 43.8 Å². The Balaban J connectivity index is 1.57. The molecular formula is C15H23N3O. The molecule has 1 atom stereocenters. The molecule has 4 heteroatoms. The van der Waals surface area contributed by atoms with Gasteiger partial charge in [0.2, 0.25) is 0 Å². The van der Waals surface area contributed by atoms with Crippen LogP contribution < -0.4 is 16.0 Å². The molecule has 2 rings (SSSR count). The van der Waals surface area contributed by atoms with Crippen LogP contribution in [0.3, 0.4) is 0 Å². The molecule has 1 saturated heterocycles. The molecule has 3 N–H and O–H groups in total. The van der Waals surface area contributed by atoms with E-state index in [-0.39, 0.29) is 6.03 Å². The van der Waals surface area contributed by atoms with Crippen LogP contribution in [0.25, 0.3) is 0 Å². The number of urea groups is 1. The summed E-state index contributed by atoms with van der Waals surface area (Å²) in [6.45, 7) is 3.57. The van der Waals surface area contributed by atoms with Crippen LogP contribution in [-0.2, 0) is 6.54 Å². The Bertz CT molecular complexity index is 374. The van der Waals surface area contributed by atoms with E-state index in [1.54, 1.807) is 0 Å². The molecule has 1 heterocycles. The summed E-state index contributed by atoms with van der Waals surface area (Å²) in [5.41, 5.74) is 1.12. The third kappa shape index (κ3) is 5.30. The smallest absolute Gasteiger partial charge is 0.315 e. The lowest BCUT2D eigenvalue weighted by Crippen LogP contribution is -2.37. The van der Waals surface area contributed by atoms with Gasteiger partial charge in [-0.15, -0.1) is 0 Å². The van der Waals surface area contributed by atoms with E-state index in [0.29, 0.717) is 12.5 Å². The molecule has 0 bridgehead atoms. The van der Waals surface area contributed by atoms with Gasteiger partial charge in [-0.25, -0.2) is 4.79 Å². The summed E-state index contributed by atoms with van der Waals surface area (Å²) in [6.07, 6.45) is 3.59. The number of carbonyl (C=O) groups is 1. The fraction of sp³-hybridized carbons (Fsp3) is 0.533. The lowest BCUT2D eigenvalue weighted by molar-refractivity contribution is 0.239. The van der Waals surface area contributed by atoms with Gasteiger partial charge in [0, 0.05) is 13.1 Å². The van der Waals surface area contributed by atoms with Crippen LogP contribution in [0.5, 0.6) is 0 Å². The summed E-state index contributed by atoms with van der Waals surface area (Å²) >= 11 is 0. The molecule has 0 aliphatic carbocycles. The van der Waals surface area contributed by atoms with Crippen LogP contribution in [0.4, 0.5) is 4.79 Å². The van der Waals surface area contributed by atoms with E-state index in [4.69, 9.17) is 0 Å². The van der Waals surface area contributed by atoms with Gasteiger partial charge < -0.3 is 16.0 Å². The molecule has 4 nitrogen and oxygen atoms in total. The summed E-state index contributed by atoms with van der Waals surface area (Å²) in [7, 11) is 0. The Morgan fingerprint density at radius 1 is 1.26 bits per heavy atom. The first-order chi connectivity index (χ1) is 9.34. The Morgan fingerprint density at radius 2 is 2.11 bits per heavy atom. The molecule has 0 saturated carbocycles. The largest absolute Gasteiger partial charge is 0.338 e. The molecule has 1 unspecified atom stereocenters. The molecular weight excluding hydrogens is 238 g/mol. The Labute approximate surface area is 115 Å². The van der Waals surface area contributed by atoms with Crippen LogP contribution in [0.15, 0.2) is 30.3 Å². The predicted octanol–water partition coefficient (Wildman–Crippen LogP) is 1.88. The van der Waals surface area contributed by atoms with Gasteiger partial charge in [0.25, 0.3) is 0 Å². The highest BCUT2D eigenvalue weighted by Gasteiger charge is 2.12. The van der Waals surface area contributed by atoms with E-state index in [2.05, 4.69) is 16.0 Å². The second kappa shape index (κ2) is 7.79. The summed E-state index contributed by atoms with van der Waals surface area (Å²) in [6, 6.07) is 9.87. The average Bonchev–Trinajstić information content (AvgIpc) is 2.47. The van der Waals surface area contributed by atoms with Crippen LogP contribution in [-0.4, -0.2) is 25.7 Å². The maximum Gasteiger partial charge on any atom is 0.315 e. The van der Waals surface area contributed by atoms with E-state index < -0.39 is 0 Å². The van der Waals surface area contributed by atoms with Gasteiger partial charge in [-0.1, -0.05) is 30.3 Å². The van der Waals surface area contributed by atoms with E-state index in [9.17, 15) is 4.79 Å². The van der Waals surface area contributed by atoms with Gasteiger partial charge >= 0.3 is 6.03 Å². The van der Waals surface area contributed by atoms with Crippen molar-refractivity contribution in [2.75, 3.05) is 19.6 Å². The first-order valence-electron chi connectivity index (χ1n) is 7.11. The molecule has 1 aliphatic rings. The Morgan fingerprint density at radius 3 is 2.84 bits per heavy atom. The standard InChI is InChI=1S/C15H23N3O/c19-15(18-12-13-5-2-1-3-6-13)17-10-8-14-7-4-9-16-11-14/h1-3,5-6,14,16H,4,7-12H2,(H2,17,18,19). The van der Waals surface area contributed by atoms with Crippen molar-refractivity contribution in [3.63, 3.8) is 0 Å². The molecule has 19 heavy (non-hydrogen) atoms. The third-order valence-electron chi connectivity index (χ3n) is 3.53. The van der Waals surface area contributed by atoms with Crippen molar-refractivity contribution in [2.24, 2.45) is 5.92 Å². The maximum atomic E-state index is 11.6. The topological polar surface area (TPSA) is 53.2 Å². The van der Waals surface area contributed by atoms with Crippen molar-refractivity contribution in [3.05, 3.63) is 35.9 Å². The van der Waals surface area contributed by atoms with Gasteiger partial charge in [0.05, 0.1) is 0 Å². The summed E-state index contributed by atoms with van der Waals surface area (Å²) in [5, 5.41) is 9.18. The number of piperidine rings is 1. The number of hydrogen-bond donors (Lipinski definition) is 3. The van der Waals surface area contributed by atoms with Gasteiger partial charge in [0.1, 0.15) is 0 Å². The molecule has 0 spiro atoms. The zero-order valence-electron chi connectivity index (χ0n) is 11.3. The van der Waals surface area contributed by atoms with E-state index in [0.717, 1.165) is 31.6 Å². The highest BCUT2D eigenvalue weighted by atomic mass is 16.2. The minimum atomic E-state index is -0.0763. The number of amides is 2. The third-order valence-corrected chi connectivity index (χ3v) is 3.53. The fourth-order valence-electron chi connectivity index (χ4n) is 2.40. The van der Waals surface area contributed by atoms with Crippen LogP contribution in [0.1, 0.15) is 24.8 Å². The van der Waals surface area contributed by atoms with Crippen LogP contribution in [0.2, 0.25) is 0 Å². The monoisotopic (exact) mass is 261 g/mol. The summed E-state index contributed by atoms with van der Waals surface area (Å²) in [4.78, 5) is 11.6. The molecule has 0 aromatic heterocycles. The SMILES string of the molecule is O=C(NCCC1CCCNC1)NCc1ccccc1. The van der Waals surface area contributed by atoms with Crippen molar-refractivity contribution in [1.82, 2.24) is 16.0 Å². The van der Waals surface area contributed by atoms with Crippen LogP contribution in [0, 0.1) is 5.92 Å². The highest BCUT2D eigenvalue weighted by molar-refractivity contribution is 5.73. The lowest BCUT2D eigenvalue weighted by Gasteiger charge is -2.22. The van der Waals surface area contributed by atoms with E-state index in [1.165, 1.54) is 12.8 Å². The molecule has 1 fully saturated rings. The first-order valence-corrected chi connectivity index (χ1v) is 7.11. The van der Waals surface area contributed by atoms with Crippen molar-refractivity contribution < 1.29 is 4.79 Å². The molecule has 0 radical (unpaired) electrons. The molecule has 104 valence electrons. The van der Waals surface area contributed by atoms with Gasteiger partial charge in [0.15, 0.2) is 0 Å². The zero-order chi connectivity index (χ0) is 13.3. The summed E-state index contributed by atoms with van der Waals surface area (Å²) < 4.78 is 0. The molecule has 1 aromatic carbocycles. The Kier molecular flexibility index (Phi) is 5.69. The fourth-order valence-corrected chi connectivity index (χ4v) is 2.40. The quantitative estimate of drug-likeness (QED) is 0.758. The predicted molar refractivity (Wildman–Crippen MR) is 76.9 cm³/mol. The Hall–Kier alpha value is -1.55. The number of benzene rings is 1. The maximum absolute atomic E-state index is 11.6. The van der Waals surface area contributed by atoms with Crippen LogP contribution >= 0.6 is 0 Å². The van der Waals surface area contributed by atoms with E-state index in [1.807, 2.05) is 30.3 Å². The number of rotatable bonds is 5. The van der Waals surface area contributed by atoms with Crippen molar-refractivity contribution >= 4 is 6.03 Å². The average molecular weight is 261 g/mol. The lowest BCUT2D eigenvalue weighted by atomic mass is 9.96. The van der Waals surface area contributed by atoms with Gasteiger partial charge in [-0.2, -0.15) is 0 Å². The molecule has 2 amide bonds. The highest BCUT2D eigenvalue weighted by Crippen LogP contribution is 2.12. The number of hydrogen-bond acceptors (Lipinski definition) is 2. The van der Waals surface area contributed by atoms with E-state index >= 15 is 0 Å². The first kappa shape index (κ1) is 13.9. The second-order valence-electron chi connectivity index (χ2n) is 5.10. The molecule has 1 aromatic rings. The number of carbonyl (C=O) groups excluding carboxylic acids is 1. The summed E-state index contributed by atoms with van der Waals surface area (Å²) in [5.74, 6) is 0.711. The normalized spacial score (nSPS) is 18.8. The minimum Gasteiger partial charge on any atom is -0.338 e. The van der Waals surface area contributed by atoms with Crippen molar-refractivity contribution in [1.29, 1.82) is 0 Å². The van der Waals surface area contributed by atoms with Gasteiger partial charge in [-0.3, -0.25) is 0 Å². The minimum absolute atomic E-state index is 0.0763. The molecule has 1 aliphatic heterocycles. The van der Waals surface area contributed by atoms with Crippen molar-refractivity contribution in [3.8, 4) is 0 Å². The zero-order valence-corrected chi connectivity index (χ0v) is 11.3. The van der Waals surface area contributed by atoms with Crippen molar-refractivity contribution in [2.45, 2.75) is 25.8 Å². The second-order valence-corrected chi connectivity index (χ2v) is 5.10.